The van der Waals surface area contributed by atoms with E-state index in [2.05, 4.69) is 34.6 Å². The van der Waals surface area contributed by atoms with Gasteiger partial charge >= 0.3 is 0 Å². The Hall–Kier alpha value is -0.660. The minimum atomic E-state index is -1.35. The van der Waals surface area contributed by atoms with E-state index in [0.29, 0.717) is 18.8 Å². The molecule has 1 saturated heterocycles. The number of methoxy groups -OCH3 is 1. The lowest BCUT2D eigenvalue weighted by molar-refractivity contribution is -0.285. The van der Waals surface area contributed by atoms with Crippen molar-refractivity contribution in [3.8, 4) is 0 Å². The quantitative estimate of drug-likeness (QED) is 0.176. The van der Waals surface area contributed by atoms with E-state index >= 15 is 0 Å². The maximum absolute atomic E-state index is 12.7. The van der Waals surface area contributed by atoms with E-state index in [1.807, 2.05) is 6.08 Å². The van der Waals surface area contributed by atoms with Gasteiger partial charge in [-0.05, 0) is 78.1 Å². The molecule has 17 atom stereocenters. The molecule has 0 bridgehead atoms. The lowest BCUT2D eigenvalue weighted by Crippen LogP contribution is -2.66. The minimum Gasteiger partial charge on any atom is -0.396 e. The van der Waals surface area contributed by atoms with Gasteiger partial charge in [-0.2, -0.15) is 0 Å². The van der Waals surface area contributed by atoms with Gasteiger partial charge in [0.25, 0.3) is 0 Å². The van der Waals surface area contributed by atoms with Crippen LogP contribution in [-0.4, -0.2) is 111 Å². The highest BCUT2D eigenvalue weighted by atomic mass is 16.7. The molecule has 0 aromatic rings. The molecule has 1 aliphatic heterocycles. The average molecular weight is 641 g/mol. The van der Waals surface area contributed by atoms with Crippen molar-refractivity contribution in [3.05, 3.63) is 11.6 Å². The van der Waals surface area contributed by atoms with Crippen LogP contribution in [0.5, 0.6) is 0 Å². The Balaban J connectivity index is 1.36. The zero-order chi connectivity index (χ0) is 33.1. The molecule has 4 aliphatic carbocycles. The van der Waals surface area contributed by atoms with Gasteiger partial charge in [0.2, 0.25) is 0 Å². The predicted octanol–water partition coefficient (Wildman–Crippen LogP) is 2.14. The fraction of sp³-hybridized carbons (Fsp3) is 0.943. The summed E-state index contributed by atoms with van der Waals surface area (Å²) in [6, 6.07) is 0. The molecule has 0 aromatic carbocycles. The Kier molecular flexibility index (Phi) is 10.6. The summed E-state index contributed by atoms with van der Waals surface area (Å²) < 4.78 is 17.3. The zero-order valence-electron chi connectivity index (χ0n) is 28.1. The molecule has 1 heterocycles. The number of hydrogen-bond acceptors (Lipinski definition) is 10. The molecule has 4 unspecified atom stereocenters. The molecule has 0 radical (unpaired) electrons. The molecule has 3 saturated carbocycles. The topological polar surface area (TPSA) is 169 Å². The molecule has 5 rings (SSSR count). The first-order chi connectivity index (χ1) is 21.2. The zero-order valence-corrected chi connectivity index (χ0v) is 28.1. The van der Waals surface area contributed by atoms with Crippen molar-refractivity contribution < 1.29 is 50.0 Å². The summed E-state index contributed by atoms with van der Waals surface area (Å²) in [6.45, 7) is 10.7. The van der Waals surface area contributed by atoms with E-state index in [1.54, 1.807) is 0 Å². The summed E-state index contributed by atoms with van der Waals surface area (Å²) >= 11 is 0. The third-order valence-corrected chi connectivity index (χ3v) is 13.5. The molecule has 4 fully saturated rings. The molecular formula is C35H60O10. The number of aliphatic hydroxyl groups excluding tert-OH is 6. The van der Waals surface area contributed by atoms with Crippen molar-refractivity contribution in [2.45, 2.75) is 141 Å². The molecule has 10 nitrogen and oxygen atoms in total. The number of fused-ring (bicyclic) bond motifs is 5. The van der Waals surface area contributed by atoms with Gasteiger partial charge in [-0.1, -0.05) is 53.5 Å². The minimum absolute atomic E-state index is 0.0701. The molecule has 260 valence electrons. The van der Waals surface area contributed by atoms with Gasteiger partial charge in [0.1, 0.15) is 18.3 Å². The van der Waals surface area contributed by atoms with Crippen molar-refractivity contribution in [1.29, 1.82) is 0 Å². The summed E-state index contributed by atoms with van der Waals surface area (Å²) in [5.41, 5.74) is -1.55. The van der Waals surface area contributed by atoms with Crippen LogP contribution in [0, 0.1) is 46.3 Å². The summed E-state index contributed by atoms with van der Waals surface area (Å²) in [4.78, 5) is 0. The van der Waals surface area contributed by atoms with Crippen LogP contribution in [0.25, 0.3) is 0 Å². The third-order valence-electron chi connectivity index (χ3n) is 13.5. The maximum atomic E-state index is 12.7. The third kappa shape index (κ3) is 5.87. The van der Waals surface area contributed by atoms with E-state index < -0.39 is 71.4 Å². The second-order valence-electron chi connectivity index (χ2n) is 15.9. The van der Waals surface area contributed by atoms with Gasteiger partial charge < -0.3 is 50.0 Å². The standard InChI is InChI=1S/C35H60O10/c1-7-20(19(3)16-36)9-8-18(2)26-28(40)29(41)31-34(26,5)13-11-25-33(4)12-10-21(14-22(33)23(37)15-35(25,31)42)45-32-30(43-6)27(39)24(38)17-44-32/h14,18-21,23-32,36-42H,7-13,15-17H2,1-6H3/t18-,19?,20?,21+,23-,24-,25?,26+,27+,28-,29+,30-,31?,32+,33+,34-,35+/m1/s1. The predicted molar refractivity (Wildman–Crippen MR) is 167 cm³/mol. The van der Waals surface area contributed by atoms with Crippen molar-refractivity contribution in [1.82, 2.24) is 0 Å². The van der Waals surface area contributed by atoms with E-state index in [-0.39, 0.29) is 43.3 Å². The van der Waals surface area contributed by atoms with Crippen LogP contribution in [0.2, 0.25) is 0 Å². The van der Waals surface area contributed by atoms with Crippen molar-refractivity contribution >= 4 is 0 Å². The van der Waals surface area contributed by atoms with E-state index in [1.165, 1.54) is 7.11 Å². The molecule has 5 aliphatic rings. The van der Waals surface area contributed by atoms with Crippen LogP contribution in [0.3, 0.4) is 0 Å². The monoisotopic (exact) mass is 640 g/mol. The summed E-state index contributed by atoms with van der Waals surface area (Å²) in [5.74, 6) is -0.243. The van der Waals surface area contributed by atoms with Crippen LogP contribution in [0.4, 0.5) is 0 Å². The molecule has 0 aromatic heterocycles. The Morgan fingerprint density at radius 2 is 1.71 bits per heavy atom. The number of rotatable bonds is 10. The van der Waals surface area contributed by atoms with Crippen LogP contribution in [0.15, 0.2) is 11.6 Å². The van der Waals surface area contributed by atoms with Gasteiger partial charge in [0, 0.05) is 26.1 Å². The highest BCUT2D eigenvalue weighted by Gasteiger charge is 2.72. The van der Waals surface area contributed by atoms with Crippen molar-refractivity contribution in [3.63, 3.8) is 0 Å². The summed E-state index contributed by atoms with van der Waals surface area (Å²) in [7, 11) is 1.43. The highest BCUT2D eigenvalue weighted by molar-refractivity contribution is 5.33. The lowest BCUT2D eigenvalue weighted by atomic mass is 9.43. The van der Waals surface area contributed by atoms with E-state index in [9.17, 15) is 35.7 Å². The summed E-state index contributed by atoms with van der Waals surface area (Å²) in [5, 5.41) is 77.7. The first-order valence-electron chi connectivity index (χ1n) is 17.4. The van der Waals surface area contributed by atoms with Gasteiger partial charge in [0.15, 0.2) is 6.29 Å². The highest BCUT2D eigenvalue weighted by Crippen LogP contribution is 2.69. The van der Waals surface area contributed by atoms with Crippen LogP contribution in [0.1, 0.15) is 86.0 Å². The van der Waals surface area contributed by atoms with Crippen LogP contribution < -0.4 is 0 Å². The van der Waals surface area contributed by atoms with Crippen LogP contribution in [-0.2, 0) is 14.2 Å². The van der Waals surface area contributed by atoms with Gasteiger partial charge in [-0.3, -0.25) is 0 Å². The summed E-state index contributed by atoms with van der Waals surface area (Å²) in [6.07, 6.45) is 0.218. The number of ether oxygens (including phenoxy) is 3. The molecule has 7 N–H and O–H groups in total. The maximum Gasteiger partial charge on any atom is 0.187 e. The molecule has 45 heavy (non-hydrogen) atoms. The van der Waals surface area contributed by atoms with E-state index in [0.717, 1.165) is 37.7 Å². The first-order valence-corrected chi connectivity index (χ1v) is 17.4. The van der Waals surface area contributed by atoms with Gasteiger partial charge in [-0.25, -0.2) is 0 Å². The first kappa shape index (κ1) is 35.6. The SMILES string of the molecule is CCC(CC[C@@H](C)[C@H]1[C@@H](O)[C@H](O)C2[C@]3(O)C[C@@H](O)C4=C[C@@H](O[C@@H]5OC[C@@H](O)[C@H](O)[C@H]5OC)CC[C@]4(C)C3CC[C@@]21C)C(C)CO. The second kappa shape index (κ2) is 13.3. The fourth-order valence-electron chi connectivity index (χ4n) is 11.1. The van der Waals surface area contributed by atoms with Gasteiger partial charge in [0.05, 0.1) is 36.6 Å². The lowest BCUT2D eigenvalue weighted by Gasteiger charge is -2.64. The Morgan fingerprint density at radius 1 is 1.00 bits per heavy atom. The molecular weight excluding hydrogens is 580 g/mol. The average Bonchev–Trinajstić information content (AvgIpc) is 3.20. The van der Waals surface area contributed by atoms with Crippen molar-refractivity contribution in [2.24, 2.45) is 46.3 Å². The normalized spacial score (nSPS) is 50.2. The molecule has 10 heteroatoms. The van der Waals surface area contributed by atoms with Gasteiger partial charge in [-0.15, -0.1) is 0 Å². The Morgan fingerprint density at radius 3 is 2.36 bits per heavy atom. The van der Waals surface area contributed by atoms with Crippen LogP contribution >= 0.6 is 0 Å². The smallest absolute Gasteiger partial charge is 0.187 e. The fourth-order valence-corrected chi connectivity index (χ4v) is 11.1. The Labute approximate surface area is 268 Å². The number of aliphatic hydroxyl groups is 7. The molecule has 0 amide bonds. The second-order valence-corrected chi connectivity index (χ2v) is 15.9. The Bertz CT molecular complexity index is 1060. The van der Waals surface area contributed by atoms with E-state index in [4.69, 9.17) is 14.2 Å². The largest absolute Gasteiger partial charge is 0.396 e. The number of hydrogen-bond donors (Lipinski definition) is 7. The van der Waals surface area contributed by atoms with Crippen molar-refractivity contribution in [2.75, 3.05) is 20.3 Å². The molecule has 0 spiro atoms.